The number of aliphatic hydroxyl groups is 1. The van der Waals surface area contributed by atoms with Crippen LogP contribution in [0, 0.1) is 17.8 Å². The zero-order valence-electron chi connectivity index (χ0n) is 6.94. The van der Waals surface area contributed by atoms with Crippen molar-refractivity contribution >= 4 is 5.97 Å². The molecule has 68 valence electrons. The summed E-state index contributed by atoms with van der Waals surface area (Å²) in [6.45, 7) is 0. The van der Waals surface area contributed by atoms with Gasteiger partial charge in [-0.3, -0.25) is 4.79 Å². The van der Waals surface area contributed by atoms with Gasteiger partial charge in [-0.1, -0.05) is 0 Å². The van der Waals surface area contributed by atoms with Crippen LogP contribution in [0.15, 0.2) is 0 Å². The number of fused-ring (bicyclic) bond motifs is 2. The molecular formula is C9H14O3. The first-order valence-electron chi connectivity index (χ1n) is 4.59. The zero-order valence-corrected chi connectivity index (χ0v) is 6.94. The molecule has 2 fully saturated rings. The van der Waals surface area contributed by atoms with Gasteiger partial charge in [0.05, 0.1) is 12.0 Å². The molecule has 0 saturated heterocycles. The lowest BCUT2D eigenvalue weighted by Crippen LogP contribution is -2.23. The van der Waals surface area contributed by atoms with Gasteiger partial charge in [0.1, 0.15) is 0 Å². The number of hydrogen-bond acceptors (Lipinski definition) is 2. The van der Waals surface area contributed by atoms with Crippen LogP contribution in [0.1, 0.15) is 25.7 Å². The monoisotopic (exact) mass is 170 g/mol. The number of rotatable bonds is 1. The summed E-state index contributed by atoms with van der Waals surface area (Å²) < 4.78 is 0. The van der Waals surface area contributed by atoms with Gasteiger partial charge in [0.15, 0.2) is 0 Å². The van der Waals surface area contributed by atoms with E-state index < -0.39 is 5.97 Å². The van der Waals surface area contributed by atoms with Gasteiger partial charge in [-0.05, 0) is 37.5 Å². The predicted molar refractivity (Wildman–Crippen MR) is 42.6 cm³/mol. The normalized spacial score (nSPS) is 46.1. The van der Waals surface area contributed by atoms with E-state index in [9.17, 15) is 9.90 Å². The number of carboxylic acids is 1. The van der Waals surface area contributed by atoms with Crippen molar-refractivity contribution in [2.45, 2.75) is 31.8 Å². The average Bonchev–Trinajstić information content (AvgIpc) is 2.37. The van der Waals surface area contributed by atoms with Crippen LogP contribution < -0.4 is 0 Å². The van der Waals surface area contributed by atoms with Gasteiger partial charge in [0.2, 0.25) is 0 Å². The van der Waals surface area contributed by atoms with Crippen LogP contribution in [0.4, 0.5) is 0 Å². The molecule has 0 aliphatic heterocycles. The number of carboxylic acid groups (broad SMARTS) is 1. The van der Waals surface area contributed by atoms with Crippen molar-refractivity contribution in [1.29, 1.82) is 0 Å². The van der Waals surface area contributed by atoms with E-state index in [-0.39, 0.29) is 17.9 Å². The maximum absolute atomic E-state index is 10.8. The third kappa shape index (κ3) is 1.12. The lowest BCUT2D eigenvalue weighted by Gasteiger charge is -2.24. The number of carbonyl (C=O) groups is 1. The van der Waals surface area contributed by atoms with E-state index in [2.05, 4.69) is 0 Å². The van der Waals surface area contributed by atoms with Crippen LogP contribution in [0.5, 0.6) is 0 Å². The lowest BCUT2D eigenvalue weighted by molar-refractivity contribution is -0.142. The third-order valence-electron chi connectivity index (χ3n) is 3.43. The van der Waals surface area contributed by atoms with E-state index in [1.165, 1.54) is 0 Å². The molecule has 2 aliphatic rings. The average molecular weight is 170 g/mol. The van der Waals surface area contributed by atoms with Crippen LogP contribution in [-0.2, 0) is 4.79 Å². The van der Waals surface area contributed by atoms with Crippen molar-refractivity contribution in [3.05, 3.63) is 0 Å². The van der Waals surface area contributed by atoms with Gasteiger partial charge in [-0.25, -0.2) is 0 Å². The van der Waals surface area contributed by atoms with Gasteiger partial charge < -0.3 is 10.2 Å². The SMILES string of the molecule is O=C(O)[C@@H]1C[C@@H]2C[C@@H]1CC[C@@H]2O. The second-order valence-corrected chi connectivity index (χ2v) is 4.08. The second-order valence-electron chi connectivity index (χ2n) is 4.08. The van der Waals surface area contributed by atoms with Crippen LogP contribution in [0.3, 0.4) is 0 Å². The van der Waals surface area contributed by atoms with Crippen LogP contribution >= 0.6 is 0 Å². The lowest BCUT2D eigenvalue weighted by atomic mass is 9.85. The second kappa shape index (κ2) is 2.73. The molecule has 3 heteroatoms. The molecule has 0 unspecified atom stereocenters. The molecule has 0 radical (unpaired) electrons. The highest BCUT2D eigenvalue weighted by Crippen LogP contribution is 2.45. The maximum atomic E-state index is 10.8. The Balaban J connectivity index is 2.10. The van der Waals surface area contributed by atoms with E-state index in [1.54, 1.807) is 0 Å². The molecular weight excluding hydrogens is 156 g/mol. The Kier molecular flexibility index (Phi) is 1.83. The Labute approximate surface area is 71.4 Å². The summed E-state index contributed by atoms with van der Waals surface area (Å²) >= 11 is 0. The molecule has 0 aromatic heterocycles. The molecule has 0 aromatic carbocycles. The summed E-state index contributed by atoms with van der Waals surface area (Å²) in [6, 6.07) is 0. The third-order valence-corrected chi connectivity index (χ3v) is 3.43. The van der Waals surface area contributed by atoms with Crippen LogP contribution in [0.2, 0.25) is 0 Å². The van der Waals surface area contributed by atoms with Crippen molar-refractivity contribution < 1.29 is 15.0 Å². The Bertz CT molecular complexity index is 202. The van der Waals surface area contributed by atoms with Crippen LogP contribution in [-0.4, -0.2) is 22.3 Å². The first-order valence-corrected chi connectivity index (χ1v) is 4.59. The van der Waals surface area contributed by atoms with Crippen molar-refractivity contribution in [2.24, 2.45) is 17.8 Å². The van der Waals surface area contributed by atoms with Gasteiger partial charge in [-0.15, -0.1) is 0 Å². The van der Waals surface area contributed by atoms with Crippen molar-refractivity contribution in [2.75, 3.05) is 0 Å². The molecule has 2 N–H and O–H groups in total. The molecule has 0 amide bonds. The topological polar surface area (TPSA) is 57.5 Å². The molecule has 0 aromatic rings. The summed E-state index contributed by atoms with van der Waals surface area (Å²) in [5.41, 5.74) is 0. The van der Waals surface area contributed by atoms with Crippen LogP contribution in [0.25, 0.3) is 0 Å². The number of aliphatic carboxylic acids is 1. The fourth-order valence-electron chi connectivity index (χ4n) is 2.72. The molecule has 2 rings (SSSR count). The minimum Gasteiger partial charge on any atom is -0.481 e. The maximum Gasteiger partial charge on any atom is 0.306 e. The first-order chi connectivity index (χ1) is 5.68. The summed E-state index contributed by atoms with van der Waals surface area (Å²) in [7, 11) is 0. The standard InChI is InChI=1S/C9H14O3/c10-8-2-1-5-3-6(8)4-7(5)9(11)12/h5-8,10H,1-4H2,(H,11,12)/t5-,6-,7+,8-/m0/s1. The first kappa shape index (κ1) is 8.05. The highest BCUT2D eigenvalue weighted by atomic mass is 16.4. The molecule has 0 heterocycles. The zero-order chi connectivity index (χ0) is 8.72. The Morgan fingerprint density at radius 3 is 2.50 bits per heavy atom. The minimum absolute atomic E-state index is 0.174. The highest BCUT2D eigenvalue weighted by Gasteiger charge is 2.44. The quantitative estimate of drug-likeness (QED) is 0.614. The largest absolute Gasteiger partial charge is 0.481 e. The minimum atomic E-state index is -0.670. The van der Waals surface area contributed by atoms with Gasteiger partial charge in [0, 0.05) is 0 Å². The summed E-state index contributed by atoms with van der Waals surface area (Å²) in [4.78, 5) is 10.8. The van der Waals surface area contributed by atoms with E-state index in [1.807, 2.05) is 0 Å². The van der Waals surface area contributed by atoms with Crippen molar-refractivity contribution in [3.8, 4) is 0 Å². The number of aliphatic hydroxyl groups excluding tert-OH is 1. The molecule has 12 heavy (non-hydrogen) atoms. The van der Waals surface area contributed by atoms with E-state index in [4.69, 9.17) is 5.11 Å². The Morgan fingerprint density at radius 1 is 1.17 bits per heavy atom. The predicted octanol–water partition coefficient (Wildman–Crippen LogP) is 0.868. The molecule has 4 atom stereocenters. The molecule has 2 aliphatic carbocycles. The van der Waals surface area contributed by atoms with E-state index in [0.29, 0.717) is 12.3 Å². The van der Waals surface area contributed by atoms with Crippen molar-refractivity contribution in [1.82, 2.24) is 0 Å². The van der Waals surface area contributed by atoms with Gasteiger partial charge >= 0.3 is 5.97 Å². The Morgan fingerprint density at radius 2 is 1.92 bits per heavy atom. The van der Waals surface area contributed by atoms with Crippen molar-refractivity contribution in [3.63, 3.8) is 0 Å². The molecule has 2 bridgehead atoms. The van der Waals surface area contributed by atoms with Gasteiger partial charge in [-0.2, -0.15) is 0 Å². The molecule has 3 nitrogen and oxygen atoms in total. The summed E-state index contributed by atoms with van der Waals surface area (Å²) in [6.07, 6.45) is 3.10. The number of hydrogen-bond donors (Lipinski definition) is 2. The highest BCUT2D eigenvalue weighted by molar-refractivity contribution is 5.70. The van der Waals surface area contributed by atoms with Gasteiger partial charge in [0.25, 0.3) is 0 Å². The summed E-state index contributed by atoms with van der Waals surface area (Å²) in [5.74, 6) is -0.232. The fourth-order valence-corrected chi connectivity index (χ4v) is 2.72. The smallest absolute Gasteiger partial charge is 0.306 e. The summed E-state index contributed by atoms with van der Waals surface area (Å²) in [5, 5.41) is 18.4. The molecule has 2 saturated carbocycles. The van der Waals surface area contributed by atoms with E-state index in [0.717, 1.165) is 19.3 Å². The van der Waals surface area contributed by atoms with E-state index >= 15 is 0 Å². The fraction of sp³-hybridized carbons (Fsp3) is 0.889. The molecule has 0 spiro atoms. The Hall–Kier alpha value is -0.570.